The number of amides is 1. The molecule has 0 radical (unpaired) electrons. The highest BCUT2D eigenvalue weighted by molar-refractivity contribution is 7.91. The summed E-state index contributed by atoms with van der Waals surface area (Å²) in [5.74, 6) is 0.654. The molecule has 4 rings (SSSR count). The summed E-state index contributed by atoms with van der Waals surface area (Å²) < 4.78 is 38.3. The predicted octanol–water partition coefficient (Wildman–Crippen LogP) is 2.99. The van der Waals surface area contributed by atoms with Crippen molar-refractivity contribution >= 4 is 37.3 Å². The third-order valence-electron chi connectivity index (χ3n) is 4.52. The van der Waals surface area contributed by atoms with Crippen molar-refractivity contribution in [2.75, 3.05) is 12.5 Å². The number of hydrogen-bond acceptors (Lipinski definition) is 6. The first-order valence-corrected chi connectivity index (χ1v) is 11.2. The lowest BCUT2D eigenvalue weighted by Crippen LogP contribution is -2.17. The highest BCUT2D eigenvalue weighted by Gasteiger charge is 2.21. The van der Waals surface area contributed by atoms with Gasteiger partial charge in [0, 0.05) is 18.7 Å². The number of benzene rings is 2. The van der Waals surface area contributed by atoms with Gasteiger partial charge >= 0.3 is 0 Å². The van der Waals surface area contributed by atoms with Crippen LogP contribution in [-0.4, -0.2) is 31.4 Å². The Kier molecular flexibility index (Phi) is 4.72. The highest BCUT2D eigenvalue weighted by atomic mass is 32.2. The summed E-state index contributed by atoms with van der Waals surface area (Å²) in [5.41, 5.74) is 0.969. The lowest BCUT2D eigenvalue weighted by atomic mass is 10.2. The molecule has 0 saturated heterocycles. The van der Waals surface area contributed by atoms with Crippen molar-refractivity contribution in [1.29, 1.82) is 0 Å². The molecule has 0 N–H and O–H groups in total. The quantitative estimate of drug-likeness (QED) is 0.650. The van der Waals surface area contributed by atoms with Gasteiger partial charge < -0.3 is 14.0 Å². The minimum absolute atomic E-state index is 0.0104. The summed E-state index contributed by atoms with van der Waals surface area (Å²) >= 11 is 1.35. The Morgan fingerprint density at radius 2 is 1.89 bits per heavy atom. The summed E-state index contributed by atoms with van der Waals surface area (Å²) in [6.07, 6.45) is 0. The van der Waals surface area contributed by atoms with Gasteiger partial charge in [0.25, 0.3) is 5.91 Å². The van der Waals surface area contributed by atoms with Crippen LogP contribution in [0, 0.1) is 0 Å². The Morgan fingerprint density at radius 3 is 2.61 bits per heavy atom. The molecular weight excluding hydrogens is 400 g/mol. The van der Waals surface area contributed by atoms with Gasteiger partial charge in [-0.3, -0.25) is 4.79 Å². The van der Waals surface area contributed by atoms with Crippen LogP contribution >= 0.6 is 11.3 Å². The third-order valence-corrected chi connectivity index (χ3v) is 7.35. The number of aromatic nitrogens is 1. The van der Waals surface area contributed by atoms with E-state index in [0.29, 0.717) is 22.8 Å². The average Bonchev–Trinajstić information content (AvgIpc) is 3.28. The predicted molar refractivity (Wildman–Crippen MR) is 106 cm³/mol. The Hall–Kier alpha value is -2.65. The number of hydrogen-bond donors (Lipinski definition) is 0. The van der Waals surface area contributed by atoms with Gasteiger partial charge in [-0.15, -0.1) is 0 Å². The molecule has 0 spiro atoms. The van der Waals surface area contributed by atoms with Gasteiger partial charge in [-0.05, 0) is 19.1 Å². The molecule has 1 amide bonds. The lowest BCUT2D eigenvalue weighted by Gasteiger charge is -2.06. The summed E-state index contributed by atoms with van der Waals surface area (Å²) in [6.45, 7) is 4.29. The van der Waals surface area contributed by atoms with Crippen LogP contribution < -0.4 is 14.3 Å². The summed E-state index contributed by atoms with van der Waals surface area (Å²) in [4.78, 5) is 17.6. The monoisotopic (exact) mass is 418 g/mol. The number of fused-ring (bicyclic) bond motifs is 2. The molecule has 0 aliphatic carbocycles. The van der Waals surface area contributed by atoms with E-state index in [2.05, 4.69) is 4.99 Å². The molecule has 0 unspecified atom stereocenters. The fourth-order valence-electron chi connectivity index (χ4n) is 3.07. The van der Waals surface area contributed by atoms with E-state index in [1.54, 1.807) is 19.1 Å². The molecule has 146 valence electrons. The van der Waals surface area contributed by atoms with Gasteiger partial charge in [-0.2, -0.15) is 4.99 Å². The Balaban J connectivity index is 1.86. The zero-order valence-electron chi connectivity index (χ0n) is 15.3. The number of nitrogens with zero attached hydrogens (tertiary/aromatic N) is 2. The number of sulfone groups is 1. The minimum Gasteiger partial charge on any atom is -0.454 e. The molecule has 7 nitrogen and oxygen atoms in total. The maximum atomic E-state index is 12.9. The Labute approximate surface area is 165 Å². The fourth-order valence-corrected chi connectivity index (χ4v) is 5.26. The minimum atomic E-state index is -3.53. The van der Waals surface area contributed by atoms with Gasteiger partial charge in [-0.1, -0.05) is 30.4 Å². The molecule has 2 aromatic carbocycles. The van der Waals surface area contributed by atoms with Crippen molar-refractivity contribution in [1.82, 2.24) is 4.57 Å². The molecule has 1 aliphatic rings. The van der Waals surface area contributed by atoms with Crippen LogP contribution in [0.25, 0.3) is 10.2 Å². The number of carbonyl (C=O) groups is 1. The van der Waals surface area contributed by atoms with Crippen molar-refractivity contribution in [2.45, 2.75) is 25.3 Å². The van der Waals surface area contributed by atoms with E-state index in [-0.39, 0.29) is 23.0 Å². The first-order chi connectivity index (χ1) is 13.4. The van der Waals surface area contributed by atoms with E-state index in [4.69, 9.17) is 9.47 Å². The highest BCUT2D eigenvalue weighted by Crippen LogP contribution is 2.37. The van der Waals surface area contributed by atoms with Gasteiger partial charge in [-0.25, -0.2) is 8.42 Å². The van der Waals surface area contributed by atoms with Crippen LogP contribution in [0.5, 0.6) is 11.5 Å². The Morgan fingerprint density at radius 1 is 1.18 bits per heavy atom. The number of aryl methyl sites for hydroxylation is 1. The van der Waals surface area contributed by atoms with Crippen LogP contribution in [-0.2, 0) is 16.4 Å². The molecule has 2 heterocycles. The molecule has 28 heavy (non-hydrogen) atoms. The second-order valence-corrected chi connectivity index (χ2v) is 9.37. The molecule has 0 atom stereocenters. The fraction of sp³-hybridized carbons (Fsp3) is 0.263. The maximum absolute atomic E-state index is 12.9. The van der Waals surface area contributed by atoms with E-state index >= 15 is 0 Å². The van der Waals surface area contributed by atoms with Crippen LogP contribution in [0.15, 0.2) is 46.3 Å². The summed E-state index contributed by atoms with van der Waals surface area (Å²) in [6, 6.07) is 9.92. The second kappa shape index (κ2) is 7.06. The lowest BCUT2D eigenvalue weighted by molar-refractivity contribution is 0.0994. The zero-order chi connectivity index (χ0) is 19.9. The molecule has 3 aromatic rings. The smallest absolute Gasteiger partial charge is 0.280 e. The first kappa shape index (κ1) is 18.7. The number of rotatable bonds is 4. The first-order valence-electron chi connectivity index (χ1n) is 8.78. The SMILES string of the molecule is CCn1c(=NC(=O)c2ccccc2S(=O)(=O)CC)sc2cc3c(cc21)OCO3. The van der Waals surface area contributed by atoms with E-state index in [9.17, 15) is 13.2 Å². The summed E-state index contributed by atoms with van der Waals surface area (Å²) in [5, 5.41) is 0. The number of thiazole rings is 1. The normalized spacial score (nSPS) is 14.0. The van der Waals surface area contributed by atoms with Crippen LogP contribution in [0.4, 0.5) is 0 Å². The van der Waals surface area contributed by atoms with Crippen LogP contribution in [0.3, 0.4) is 0 Å². The molecule has 1 aromatic heterocycles. The van der Waals surface area contributed by atoms with Gasteiger partial charge in [0.2, 0.25) is 6.79 Å². The van der Waals surface area contributed by atoms with Crippen molar-refractivity contribution < 1.29 is 22.7 Å². The van der Waals surface area contributed by atoms with E-state index in [0.717, 1.165) is 10.2 Å². The van der Waals surface area contributed by atoms with Crippen molar-refractivity contribution in [3.63, 3.8) is 0 Å². The molecular formula is C19H18N2O5S2. The molecule has 0 saturated carbocycles. The van der Waals surface area contributed by atoms with E-state index in [1.165, 1.54) is 23.5 Å². The van der Waals surface area contributed by atoms with Gasteiger partial charge in [0.1, 0.15) is 0 Å². The average molecular weight is 418 g/mol. The molecule has 0 bridgehead atoms. The number of ether oxygens (including phenoxy) is 2. The van der Waals surface area contributed by atoms with Crippen molar-refractivity contribution in [3.05, 3.63) is 46.8 Å². The van der Waals surface area contributed by atoms with Gasteiger partial charge in [0.05, 0.1) is 26.4 Å². The number of carbonyl (C=O) groups excluding carboxylic acids is 1. The maximum Gasteiger partial charge on any atom is 0.280 e. The van der Waals surface area contributed by atoms with Crippen LogP contribution in [0.1, 0.15) is 24.2 Å². The standard InChI is InChI=1S/C19H18N2O5S2/c1-3-21-13-9-14-15(26-11-25-14)10-16(13)27-19(21)20-18(22)12-7-5-6-8-17(12)28(23,24)4-2/h5-10H,3-4,11H2,1-2H3. The largest absolute Gasteiger partial charge is 0.454 e. The zero-order valence-corrected chi connectivity index (χ0v) is 17.0. The topological polar surface area (TPSA) is 87.0 Å². The molecule has 0 fully saturated rings. The third kappa shape index (κ3) is 3.10. The van der Waals surface area contributed by atoms with Crippen molar-refractivity contribution in [3.8, 4) is 11.5 Å². The van der Waals surface area contributed by atoms with Gasteiger partial charge in [0.15, 0.2) is 26.1 Å². The Bertz CT molecular complexity index is 1260. The van der Waals surface area contributed by atoms with Crippen molar-refractivity contribution in [2.24, 2.45) is 4.99 Å². The summed E-state index contributed by atoms with van der Waals surface area (Å²) in [7, 11) is -3.53. The molecule has 9 heteroatoms. The van der Waals surface area contributed by atoms with Crippen LogP contribution in [0.2, 0.25) is 0 Å². The van der Waals surface area contributed by atoms with E-state index in [1.807, 2.05) is 23.6 Å². The molecule has 1 aliphatic heterocycles. The van der Waals surface area contributed by atoms with E-state index < -0.39 is 15.7 Å². The second-order valence-electron chi connectivity index (χ2n) is 6.12.